The molecule has 0 bridgehead atoms. The molecule has 0 spiro atoms. The number of benzene rings is 1. The molecule has 0 saturated carbocycles. The predicted molar refractivity (Wildman–Crippen MR) is 99.6 cm³/mol. The van der Waals surface area contributed by atoms with E-state index in [9.17, 15) is 14.4 Å². The van der Waals surface area contributed by atoms with Gasteiger partial charge in [-0.05, 0) is 65.0 Å². The minimum Gasteiger partial charge on any atom is -0.449 e. The Kier molecular flexibility index (Phi) is 5.99. The van der Waals surface area contributed by atoms with Crippen molar-refractivity contribution in [3.05, 3.63) is 47.8 Å². The zero-order chi connectivity index (χ0) is 20.2. The third-order valence-corrected chi connectivity index (χ3v) is 3.56. The van der Waals surface area contributed by atoms with Crippen LogP contribution in [0.1, 0.15) is 43.7 Å². The number of aryl methyl sites for hydroxylation is 1. The molecule has 1 unspecified atom stereocenters. The van der Waals surface area contributed by atoms with E-state index >= 15 is 0 Å². The second-order valence-corrected chi connectivity index (χ2v) is 7.17. The standard InChI is InChI=1S/C19H24N4O4/c1-12-10-11-20-23(12)15-8-6-14(7-9-15)17(25)27-13(2)16(24)21-18(26)22-19(3,4)5/h6-11,13H,1-5H3,(H2,21,22,24,26). The van der Waals surface area contributed by atoms with E-state index < -0.39 is 29.6 Å². The SMILES string of the molecule is Cc1ccnn1-c1ccc(C(=O)OC(C)C(=O)NC(=O)NC(C)(C)C)cc1. The van der Waals surface area contributed by atoms with Crippen LogP contribution in [0.4, 0.5) is 4.79 Å². The van der Waals surface area contributed by atoms with Crippen molar-refractivity contribution >= 4 is 17.9 Å². The number of rotatable bonds is 4. The topological polar surface area (TPSA) is 102 Å². The Labute approximate surface area is 157 Å². The second kappa shape index (κ2) is 8.03. The van der Waals surface area contributed by atoms with E-state index in [0.717, 1.165) is 11.4 Å². The molecular formula is C19H24N4O4. The molecule has 2 N–H and O–H groups in total. The van der Waals surface area contributed by atoms with Gasteiger partial charge in [0.05, 0.1) is 11.3 Å². The third-order valence-electron chi connectivity index (χ3n) is 3.56. The number of aromatic nitrogens is 2. The minimum atomic E-state index is -1.11. The molecule has 8 nitrogen and oxygen atoms in total. The van der Waals surface area contributed by atoms with Crippen LogP contribution in [0.3, 0.4) is 0 Å². The van der Waals surface area contributed by atoms with Crippen molar-refractivity contribution in [2.24, 2.45) is 0 Å². The zero-order valence-electron chi connectivity index (χ0n) is 16.1. The van der Waals surface area contributed by atoms with E-state index in [2.05, 4.69) is 15.7 Å². The van der Waals surface area contributed by atoms with E-state index in [1.165, 1.54) is 6.92 Å². The summed E-state index contributed by atoms with van der Waals surface area (Å²) in [5, 5.41) is 8.94. The quantitative estimate of drug-likeness (QED) is 0.802. The lowest BCUT2D eigenvalue weighted by atomic mass is 10.1. The van der Waals surface area contributed by atoms with Crippen molar-refractivity contribution in [1.82, 2.24) is 20.4 Å². The fraction of sp³-hybridized carbons (Fsp3) is 0.368. The average Bonchev–Trinajstić information content (AvgIpc) is 2.99. The summed E-state index contributed by atoms with van der Waals surface area (Å²) in [4.78, 5) is 35.9. The first-order valence-electron chi connectivity index (χ1n) is 8.52. The molecule has 0 saturated heterocycles. The molecule has 1 aromatic heterocycles. The molecule has 0 aliphatic rings. The summed E-state index contributed by atoms with van der Waals surface area (Å²) in [7, 11) is 0. The van der Waals surface area contributed by atoms with Crippen LogP contribution in [0, 0.1) is 6.92 Å². The lowest BCUT2D eigenvalue weighted by molar-refractivity contribution is -0.127. The van der Waals surface area contributed by atoms with Crippen LogP contribution in [-0.2, 0) is 9.53 Å². The highest BCUT2D eigenvalue weighted by Gasteiger charge is 2.22. The fourth-order valence-electron chi connectivity index (χ4n) is 2.25. The van der Waals surface area contributed by atoms with E-state index in [1.54, 1.807) is 55.9 Å². The van der Waals surface area contributed by atoms with Crippen LogP contribution in [0.2, 0.25) is 0 Å². The van der Waals surface area contributed by atoms with E-state index in [4.69, 9.17) is 4.74 Å². The van der Waals surface area contributed by atoms with E-state index in [-0.39, 0.29) is 0 Å². The summed E-state index contributed by atoms with van der Waals surface area (Å²) in [6, 6.07) is 7.88. The Morgan fingerprint density at radius 1 is 1.11 bits per heavy atom. The van der Waals surface area contributed by atoms with Crippen LogP contribution in [0.25, 0.3) is 5.69 Å². The van der Waals surface area contributed by atoms with Crippen molar-refractivity contribution in [2.45, 2.75) is 46.3 Å². The number of nitrogens with zero attached hydrogens (tertiary/aromatic N) is 2. The van der Waals surface area contributed by atoms with Crippen LogP contribution in [0.5, 0.6) is 0 Å². The Hall–Kier alpha value is -3.16. The monoisotopic (exact) mass is 372 g/mol. The molecule has 0 aliphatic heterocycles. The smallest absolute Gasteiger partial charge is 0.338 e. The van der Waals surface area contributed by atoms with Crippen molar-refractivity contribution < 1.29 is 19.1 Å². The number of esters is 1. The Bertz CT molecular complexity index is 834. The number of urea groups is 1. The molecule has 1 heterocycles. The maximum atomic E-state index is 12.2. The van der Waals surface area contributed by atoms with Gasteiger partial charge in [0.2, 0.25) is 0 Å². The summed E-state index contributed by atoms with van der Waals surface area (Å²) >= 11 is 0. The molecular weight excluding hydrogens is 348 g/mol. The van der Waals surface area contributed by atoms with Gasteiger partial charge in [0.1, 0.15) is 0 Å². The molecule has 0 aliphatic carbocycles. The van der Waals surface area contributed by atoms with Gasteiger partial charge in [-0.2, -0.15) is 5.10 Å². The van der Waals surface area contributed by atoms with E-state index in [1.807, 2.05) is 13.0 Å². The van der Waals surface area contributed by atoms with Crippen LogP contribution in [-0.4, -0.2) is 39.3 Å². The largest absolute Gasteiger partial charge is 0.449 e. The van der Waals surface area contributed by atoms with Gasteiger partial charge in [0, 0.05) is 17.4 Å². The first-order chi connectivity index (χ1) is 12.6. The molecule has 3 amide bonds. The fourth-order valence-corrected chi connectivity index (χ4v) is 2.25. The number of carbonyl (C=O) groups is 3. The van der Waals surface area contributed by atoms with Gasteiger partial charge in [-0.3, -0.25) is 10.1 Å². The summed E-state index contributed by atoms with van der Waals surface area (Å²) < 4.78 is 6.87. The zero-order valence-corrected chi connectivity index (χ0v) is 16.1. The number of nitrogens with one attached hydrogen (secondary N) is 2. The number of hydrogen-bond donors (Lipinski definition) is 2. The number of ether oxygens (including phenoxy) is 1. The van der Waals surface area contributed by atoms with Crippen molar-refractivity contribution in [3.8, 4) is 5.69 Å². The number of amides is 3. The maximum absolute atomic E-state index is 12.2. The lowest BCUT2D eigenvalue weighted by Crippen LogP contribution is -2.50. The molecule has 144 valence electrons. The third kappa shape index (κ3) is 5.67. The number of hydrogen-bond acceptors (Lipinski definition) is 5. The highest BCUT2D eigenvalue weighted by molar-refractivity contribution is 5.98. The second-order valence-electron chi connectivity index (χ2n) is 7.17. The highest BCUT2D eigenvalue weighted by Crippen LogP contribution is 2.12. The summed E-state index contributed by atoms with van der Waals surface area (Å²) in [5.74, 6) is -1.36. The first kappa shape index (κ1) is 20.2. The molecule has 2 aromatic rings. The number of carbonyl (C=O) groups excluding carboxylic acids is 3. The molecule has 2 rings (SSSR count). The summed E-state index contributed by atoms with van der Waals surface area (Å²) in [6.07, 6.45) is 0.574. The van der Waals surface area contributed by atoms with Gasteiger partial charge in [0.25, 0.3) is 5.91 Å². The molecule has 1 atom stereocenters. The van der Waals surface area contributed by atoms with Crippen molar-refractivity contribution in [3.63, 3.8) is 0 Å². The van der Waals surface area contributed by atoms with Gasteiger partial charge in [-0.25, -0.2) is 14.3 Å². The Morgan fingerprint density at radius 3 is 2.26 bits per heavy atom. The highest BCUT2D eigenvalue weighted by atomic mass is 16.5. The Balaban J connectivity index is 1.95. The molecule has 0 radical (unpaired) electrons. The van der Waals surface area contributed by atoms with Crippen LogP contribution >= 0.6 is 0 Å². The van der Waals surface area contributed by atoms with Crippen molar-refractivity contribution in [2.75, 3.05) is 0 Å². The van der Waals surface area contributed by atoms with Crippen LogP contribution in [0.15, 0.2) is 36.5 Å². The predicted octanol–water partition coefficient (Wildman–Crippen LogP) is 2.35. The average molecular weight is 372 g/mol. The molecule has 0 fully saturated rings. The summed E-state index contributed by atoms with van der Waals surface area (Å²) in [5.41, 5.74) is 1.57. The van der Waals surface area contributed by atoms with E-state index in [0.29, 0.717) is 5.56 Å². The number of imide groups is 1. The van der Waals surface area contributed by atoms with Crippen LogP contribution < -0.4 is 10.6 Å². The first-order valence-corrected chi connectivity index (χ1v) is 8.52. The lowest BCUT2D eigenvalue weighted by Gasteiger charge is -2.21. The molecule has 1 aromatic carbocycles. The van der Waals surface area contributed by atoms with Gasteiger partial charge < -0.3 is 10.1 Å². The molecule has 8 heteroatoms. The van der Waals surface area contributed by atoms with Gasteiger partial charge in [-0.1, -0.05) is 0 Å². The molecule has 27 heavy (non-hydrogen) atoms. The normalized spacial score (nSPS) is 12.2. The Morgan fingerprint density at radius 2 is 1.74 bits per heavy atom. The van der Waals surface area contributed by atoms with Gasteiger partial charge in [0.15, 0.2) is 6.10 Å². The van der Waals surface area contributed by atoms with Gasteiger partial charge in [-0.15, -0.1) is 0 Å². The van der Waals surface area contributed by atoms with Gasteiger partial charge >= 0.3 is 12.0 Å². The minimum absolute atomic E-state index is 0.294. The maximum Gasteiger partial charge on any atom is 0.338 e. The summed E-state index contributed by atoms with van der Waals surface area (Å²) in [6.45, 7) is 8.68. The van der Waals surface area contributed by atoms with Crippen molar-refractivity contribution in [1.29, 1.82) is 0 Å².